The second-order valence-corrected chi connectivity index (χ2v) is 4.33. The molecule has 0 aliphatic carbocycles. The predicted molar refractivity (Wildman–Crippen MR) is 67.7 cm³/mol. The number of imide groups is 1. The Balaban J connectivity index is 2.14. The zero-order chi connectivity index (χ0) is 14.3. The fourth-order valence-corrected chi connectivity index (χ4v) is 2.11. The zero-order valence-electron chi connectivity index (χ0n) is 10.2. The molecule has 2 N–H and O–H groups in total. The number of hydrogen-bond donors (Lipinski definition) is 2. The van der Waals surface area contributed by atoms with E-state index in [-0.39, 0.29) is 24.4 Å². The number of fused-ring (bicyclic) bond motifs is 1. The van der Waals surface area contributed by atoms with Crippen LogP contribution >= 0.6 is 0 Å². The Morgan fingerprint density at radius 2 is 2.15 bits per heavy atom. The number of pyridine rings is 1. The summed E-state index contributed by atoms with van der Waals surface area (Å²) < 4.78 is 1.46. The smallest absolute Gasteiger partial charge is 0.335 e. The van der Waals surface area contributed by atoms with Crippen molar-refractivity contribution in [3.05, 3.63) is 30.0 Å². The number of carboxylic acids is 1. The number of nitrogens with zero attached hydrogens (tertiary/aromatic N) is 3. The van der Waals surface area contributed by atoms with Gasteiger partial charge in [-0.25, -0.2) is 14.1 Å². The molecule has 0 saturated carbocycles. The Morgan fingerprint density at radius 1 is 1.35 bits per heavy atom. The summed E-state index contributed by atoms with van der Waals surface area (Å²) >= 11 is 0. The van der Waals surface area contributed by atoms with Crippen molar-refractivity contribution in [2.75, 3.05) is 11.4 Å². The second-order valence-electron chi connectivity index (χ2n) is 4.33. The number of urea groups is 1. The molecule has 3 amide bonds. The van der Waals surface area contributed by atoms with Crippen LogP contribution in [0.4, 0.5) is 10.6 Å². The Kier molecular flexibility index (Phi) is 2.63. The largest absolute Gasteiger partial charge is 0.478 e. The molecule has 0 unspecified atom stereocenters. The summed E-state index contributed by atoms with van der Waals surface area (Å²) in [4.78, 5) is 35.5. The molecule has 3 rings (SSSR count). The van der Waals surface area contributed by atoms with Gasteiger partial charge in [0.25, 0.3) is 0 Å². The van der Waals surface area contributed by atoms with Crippen LogP contribution in [0.3, 0.4) is 0 Å². The van der Waals surface area contributed by atoms with Gasteiger partial charge in [-0.2, -0.15) is 5.10 Å². The molecule has 1 saturated heterocycles. The van der Waals surface area contributed by atoms with Crippen LogP contribution in [-0.2, 0) is 4.79 Å². The molecule has 1 aliphatic rings. The van der Waals surface area contributed by atoms with E-state index in [4.69, 9.17) is 5.11 Å². The van der Waals surface area contributed by atoms with Gasteiger partial charge < -0.3 is 5.11 Å². The van der Waals surface area contributed by atoms with E-state index in [0.717, 1.165) is 0 Å². The summed E-state index contributed by atoms with van der Waals surface area (Å²) in [5.74, 6) is -1.13. The molecule has 0 radical (unpaired) electrons. The third-order valence-corrected chi connectivity index (χ3v) is 3.05. The maximum atomic E-state index is 11.9. The molecular weight excluding hydrogens is 264 g/mol. The van der Waals surface area contributed by atoms with E-state index >= 15 is 0 Å². The van der Waals surface area contributed by atoms with Gasteiger partial charge in [0.05, 0.1) is 17.3 Å². The van der Waals surface area contributed by atoms with E-state index in [1.165, 1.54) is 27.7 Å². The lowest BCUT2D eigenvalue weighted by molar-refractivity contribution is -0.120. The first-order valence-corrected chi connectivity index (χ1v) is 5.89. The first-order chi connectivity index (χ1) is 9.56. The lowest BCUT2D eigenvalue weighted by atomic mass is 10.2. The fourth-order valence-electron chi connectivity index (χ4n) is 2.11. The van der Waals surface area contributed by atoms with Gasteiger partial charge in [-0.1, -0.05) is 0 Å². The Labute approximate surface area is 112 Å². The van der Waals surface area contributed by atoms with E-state index in [0.29, 0.717) is 11.3 Å². The van der Waals surface area contributed by atoms with Crippen LogP contribution in [0.25, 0.3) is 5.52 Å². The Morgan fingerprint density at radius 3 is 2.85 bits per heavy atom. The Bertz CT molecular complexity index is 736. The van der Waals surface area contributed by atoms with Crippen molar-refractivity contribution in [1.82, 2.24) is 14.9 Å². The topological polar surface area (TPSA) is 104 Å². The number of nitrogens with one attached hydrogen (secondary N) is 1. The number of hydrogen-bond acceptors (Lipinski definition) is 4. The minimum Gasteiger partial charge on any atom is -0.478 e. The molecule has 20 heavy (non-hydrogen) atoms. The molecule has 0 atom stereocenters. The third kappa shape index (κ3) is 1.87. The summed E-state index contributed by atoms with van der Waals surface area (Å²) in [6.07, 6.45) is 1.67. The summed E-state index contributed by atoms with van der Waals surface area (Å²) in [5.41, 5.74) is 0.613. The van der Waals surface area contributed by atoms with Crippen molar-refractivity contribution in [3.8, 4) is 0 Å². The van der Waals surface area contributed by atoms with Gasteiger partial charge in [-0.15, -0.1) is 0 Å². The number of aromatic carboxylic acids is 1. The van der Waals surface area contributed by atoms with Crippen LogP contribution in [-0.4, -0.2) is 39.2 Å². The second kappa shape index (κ2) is 4.34. The quantitative estimate of drug-likeness (QED) is 0.828. The molecule has 0 spiro atoms. The maximum Gasteiger partial charge on any atom is 0.335 e. The summed E-state index contributed by atoms with van der Waals surface area (Å²) in [6, 6.07) is 3.88. The molecule has 8 nitrogen and oxygen atoms in total. The molecule has 1 aliphatic heterocycles. The number of carbonyl (C=O) groups excluding carboxylic acids is 2. The van der Waals surface area contributed by atoms with Crippen LogP contribution in [0.5, 0.6) is 0 Å². The van der Waals surface area contributed by atoms with Gasteiger partial charge in [0, 0.05) is 13.0 Å². The minimum atomic E-state index is -1.09. The van der Waals surface area contributed by atoms with Gasteiger partial charge in [0.2, 0.25) is 5.91 Å². The average Bonchev–Trinajstić information content (AvgIpc) is 2.86. The van der Waals surface area contributed by atoms with Crippen molar-refractivity contribution >= 4 is 29.2 Å². The molecule has 2 aromatic rings. The van der Waals surface area contributed by atoms with Crippen LogP contribution in [0.1, 0.15) is 16.8 Å². The van der Waals surface area contributed by atoms with Crippen molar-refractivity contribution in [2.45, 2.75) is 6.42 Å². The normalized spacial score (nSPS) is 15.5. The highest BCUT2D eigenvalue weighted by atomic mass is 16.4. The molecule has 3 heterocycles. The average molecular weight is 274 g/mol. The standard InChI is InChI=1S/C12H10N4O4/c17-9-2-4-15(12(20)14-9)10-6-7(11(18)19)5-8-1-3-13-16(8)10/h1,3,5-6H,2,4H2,(H,18,19)(H,14,17,20). The zero-order valence-corrected chi connectivity index (χ0v) is 10.2. The summed E-state index contributed by atoms with van der Waals surface area (Å²) in [7, 11) is 0. The minimum absolute atomic E-state index is 0.0534. The Hall–Kier alpha value is -2.90. The summed E-state index contributed by atoms with van der Waals surface area (Å²) in [5, 5.41) is 15.4. The van der Waals surface area contributed by atoms with E-state index in [1.54, 1.807) is 6.07 Å². The molecule has 0 bridgehead atoms. The number of rotatable bonds is 2. The van der Waals surface area contributed by atoms with Crippen LogP contribution < -0.4 is 10.2 Å². The fraction of sp³-hybridized carbons (Fsp3) is 0.167. The van der Waals surface area contributed by atoms with Crippen molar-refractivity contribution in [3.63, 3.8) is 0 Å². The lowest BCUT2D eigenvalue weighted by Gasteiger charge is -2.26. The van der Waals surface area contributed by atoms with Crippen LogP contribution in [0.15, 0.2) is 24.4 Å². The molecule has 1 fully saturated rings. The lowest BCUT2D eigenvalue weighted by Crippen LogP contribution is -2.50. The highest BCUT2D eigenvalue weighted by Crippen LogP contribution is 2.21. The van der Waals surface area contributed by atoms with Crippen molar-refractivity contribution < 1.29 is 19.5 Å². The van der Waals surface area contributed by atoms with E-state index in [2.05, 4.69) is 10.4 Å². The van der Waals surface area contributed by atoms with Crippen molar-refractivity contribution in [1.29, 1.82) is 0 Å². The number of amides is 3. The predicted octanol–water partition coefficient (Wildman–Crippen LogP) is 0.479. The van der Waals surface area contributed by atoms with Gasteiger partial charge in [-0.3, -0.25) is 15.0 Å². The SMILES string of the molecule is O=C1CCN(c2cc(C(=O)O)cc3ccnn23)C(=O)N1. The van der Waals surface area contributed by atoms with E-state index in [1.807, 2.05) is 0 Å². The monoisotopic (exact) mass is 274 g/mol. The number of anilines is 1. The molecule has 0 aromatic carbocycles. The van der Waals surface area contributed by atoms with E-state index in [9.17, 15) is 14.4 Å². The molecule has 2 aromatic heterocycles. The highest BCUT2D eigenvalue weighted by molar-refractivity contribution is 6.05. The third-order valence-electron chi connectivity index (χ3n) is 3.05. The number of aromatic nitrogens is 2. The number of carbonyl (C=O) groups is 3. The molecular formula is C12H10N4O4. The number of carboxylic acid groups (broad SMARTS) is 1. The van der Waals surface area contributed by atoms with Crippen LogP contribution in [0, 0.1) is 0 Å². The van der Waals surface area contributed by atoms with Gasteiger partial charge in [-0.05, 0) is 18.2 Å². The first kappa shape index (κ1) is 12.2. The van der Waals surface area contributed by atoms with E-state index < -0.39 is 12.0 Å². The van der Waals surface area contributed by atoms with Crippen molar-refractivity contribution in [2.24, 2.45) is 0 Å². The van der Waals surface area contributed by atoms with Gasteiger partial charge in [0.15, 0.2) is 0 Å². The maximum absolute atomic E-state index is 11.9. The van der Waals surface area contributed by atoms with Gasteiger partial charge in [0.1, 0.15) is 5.82 Å². The summed E-state index contributed by atoms with van der Waals surface area (Å²) in [6.45, 7) is 0.183. The highest BCUT2D eigenvalue weighted by Gasteiger charge is 2.27. The first-order valence-electron chi connectivity index (χ1n) is 5.89. The van der Waals surface area contributed by atoms with Crippen LogP contribution in [0.2, 0.25) is 0 Å². The van der Waals surface area contributed by atoms with Gasteiger partial charge >= 0.3 is 12.0 Å². The molecule has 8 heteroatoms. The molecule has 102 valence electrons.